The van der Waals surface area contributed by atoms with Crippen LogP contribution in [0.25, 0.3) is 5.65 Å². The van der Waals surface area contributed by atoms with Gasteiger partial charge in [-0.1, -0.05) is 18.2 Å². The van der Waals surface area contributed by atoms with Crippen molar-refractivity contribution in [1.82, 2.24) is 19.6 Å². The van der Waals surface area contributed by atoms with E-state index >= 15 is 0 Å². The third-order valence-corrected chi connectivity index (χ3v) is 2.74. The van der Waals surface area contributed by atoms with Crippen LogP contribution in [0.2, 0.25) is 0 Å². The van der Waals surface area contributed by atoms with Crippen molar-refractivity contribution in [3.05, 3.63) is 42.2 Å². The smallest absolute Gasteiger partial charge is 0.264 e. The number of nitriles is 1. The molecule has 3 aromatic rings. The summed E-state index contributed by atoms with van der Waals surface area (Å²) >= 11 is 0. The fraction of sp³-hybridized carbons (Fsp3) is 0. The van der Waals surface area contributed by atoms with Crippen LogP contribution in [0.15, 0.2) is 36.5 Å². The molecule has 4 N–H and O–H groups in total. The lowest BCUT2D eigenvalue weighted by Crippen LogP contribution is -2.28. The predicted molar refractivity (Wildman–Crippen MR) is 72.7 cm³/mol. The minimum Gasteiger partial charge on any atom is -0.380 e. The number of hydrogen-bond acceptors (Lipinski definition) is 7. The van der Waals surface area contributed by atoms with Gasteiger partial charge in [0.05, 0.1) is 11.9 Å². The molecule has 0 saturated heterocycles. The number of aromatic nitrogens is 4. The highest BCUT2D eigenvalue weighted by atomic mass is 15.5. The molecule has 20 heavy (non-hydrogen) atoms. The second-order valence-electron chi connectivity index (χ2n) is 3.99. The summed E-state index contributed by atoms with van der Waals surface area (Å²) in [4.78, 5) is 8.09. The van der Waals surface area contributed by atoms with E-state index in [9.17, 15) is 0 Å². The lowest BCUT2D eigenvalue weighted by Gasteiger charge is -2.16. The Balaban J connectivity index is 2.15. The Labute approximate surface area is 113 Å². The molecule has 2 heterocycles. The van der Waals surface area contributed by atoms with Crippen LogP contribution in [0, 0.1) is 11.3 Å². The average Bonchev–Trinajstić information content (AvgIpc) is 2.91. The Morgan fingerprint density at radius 2 is 2.00 bits per heavy atom. The summed E-state index contributed by atoms with van der Waals surface area (Å²) in [7, 11) is 0. The zero-order chi connectivity index (χ0) is 14.1. The molecule has 0 aliphatic rings. The zero-order valence-electron chi connectivity index (χ0n) is 10.3. The second-order valence-corrected chi connectivity index (χ2v) is 3.99. The standard InChI is InChI=1S/C12H10N8/c13-6-9-7-16-11-10(14)17-12(18-20(9)11)19(15)8-4-2-1-3-5-8/h1-5,7H,15H2,(H2,14,17,18). The molecule has 0 atom stereocenters. The summed E-state index contributed by atoms with van der Waals surface area (Å²) in [6.07, 6.45) is 1.38. The SMILES string of the molecule is N#Cc1cnc2c(N)nc(N(N)c3ccccc3)nn12. The average molecular weight is 266 g/mol. The molecule has 0 radical (unpaired) electrons. The van der Waals surface area contributed by atoms with Gasteiger partial charge < -0.3 is 5.73 Å². The van der Waals surface area contributed by atoms with E-state index in [0.717, 1.165) is 0 Å². The van der Waals surface area contributed by atoms with E-state index in [1.165, 1.54) is 15.7 Å². The topological polar surface area (TPSA) is 122 Å². The summed E-state index contributed by atoms with van der Waals surface area (Å²) in [5.41, 5.74) is 7.10. The van der Waals surface area contributed by atoms with Crippen LogP contribution in [0.5, 0.6) is 0 Å². The number of nitrogens with zero attached hydrogens (tertiary/aromatic N) is 6. The Morgan fingerprint density at radius 1 is 1.25 bits per heavy atom. The van der Waals surface area contributed by atoms with Crippen LogP contribution in [-0.4, -0.2) is 19.6 Å². The van der Waals surface area contributed by atoms with Gasteiger partial charge in [0.15, 0.2) is 17.2 Å². The molecule has 0 amide bonds. The lowest BCUT2D eigenvalue weighted by atomic mass is 10.3. The first-order valence-electron chi connectivity index (χ1n) is 5.72. The number of hydrazine groups is 1. The lowest BCUT2D eigenvalue weighted by molar-refractivity contribution is 0.851. The summed E-state index contributed by atoms with van der Waals surface area (Å²) in [5.74, 6) is 6.30. The number of hydrogen-bond donors (Lipinski definition) is 2. The molecule has 98 valence electrons. The first-order chi connectivity index (χ1) is 9.70. The summed E-state index contributed by atoms with van der Waals surface area (Å²) < 4.78 is 1.32. The van der Waals surface area contributed by atoms with Crippen LogP contribution in [0.1, 0.15) is 5.69 Å². The number of rotatable bonds is 2. The molecule has 0 aliphatic carbocycles. The highest BCUT2D eigenvalue weighted by molar-refractivity contribution is 5.64. The Hall–Kier alpha value is -3.18. The number of fused-ring (bicyclic) bond motifs is 1. The van der Waals surface area contributed by atoms with Crippen LogP contribution >= 0.6 is 0 Å². The van der Waals surface area contributed by atoms with Gasteiger partial charge in [-0.15, -0.1) is 5.10 Å². The van der Waals surface area contributed by atoms with E-state index in [0.29, 0.717) is 11.3 Å². The molecule has 0 saturated carbocycles. The van der Waals surface area contributed by atoms with E-state index in [1.54, 1.807) is 0 Å². The van der Waals surface area contributed by atoms with Gasteiger partial charge >= 0.3 is 0 Å². The number of imidazole rings is 1. The summed E-state index contributed by atoms with van der Waals surface area (Å²) in [6, 6.07) is 11.2. The van der Waals surface area contributed by atoms with Gasteiger partial charge in [0.1, 0.15) is 6.07 Å². The molecule has 8 nitrogen and oxygen atoms in total. The van der Waals surface area contributed by atoms with Crippen molar-refractivity contribution >= 4 is 23.1 Å². The molecule has 0 unspecified atom stereocenters. The van der Waals surface area contributed by atoms with Crippen LogP contribution in [0.4, 0.5) is 17.5 Å². The maximum absolute atomic E-state index is 9.01. The highest BCUT2D eigenvalue weighted by Gasteiger charge is 2.14. The minimum atomic E-state index is 0.155. The van der Waals surface area contributed by atoms with Gasteiger partial charge in [-0.25, -0.2) is 15.8 Å². The normalized spacial score (nSPS) is 10.4. The van der Waals surface area contributed by atoms with E-state index < -0.39 is 0 Å². The molecule has 3 rings (SSSR count). The Morgan fingerprint density at radius 3 is 2.70 bits per heavy atom. The van der Waals surface area contributed by atoms with Crippen molar-refractivity contribution in [3.8, 4) is 6.07 Å². The fourth-order valence-electron chi connectivity index (χ4n) is 1.77. The molecule has 1 aromatic carbocycles. The number of anilines is 3. The van der Waals surface area contributed by atoms with Crippen molar-refractivity contribution in [3.63, 3.8) is 0 Å². The fourth-order valence-corrected chi connectivity index (χ4v) is 1.77. The number of benzene rings is 1. The Kier molecular flexibility index (Phi) is 2.67. The zero-order valence-corrected chi connectivity index (χ0v) is 10.3. The molecule has 2 aromatic heterocycles. The number of nitrogens with two attached hydrogens (primary N) is 2. The third-order valence-electron chi connectivity index (χ3n) is 2.74. The molecule has 8 heteroatoms. The molecular weight excluding hydrogens is 256 g/mol. The van der Waals surface area contributed by atoms with Gasteiger partial charge in [-0.3, -0.25) is 0 Å². The first-order valence-corrected chi connectivity index (χ1v) is 5.72. The molecule has 0 bridgehead atoms. The van der Waals surface area contributed by atoms with E-state index in [-0.39, 0.29) is 17.5 Å². The largest absolute Gasteiger partial charge is 0.380 e. The third kappa shape index (κ3) is 1.79. The van der Waals surface area contributed by atoms with Gasteiger partial charge in [-0.2, -0.15) is 14.8 Å². The molecule has 0 aliphatic heterocycles. The van der Waals surface area contributed by atoms with E-state index in [1.807, 2.05) is 36.4 Å². The summed E-state index contributed by atoms with van der Waals surface area (Å²) in [5, 5.41) is 14.5. The van der Waals surface area contributed by atoms with Gasteiger partial charge in [0.25, 0.3) is 5.95 Å². The maximum Gasteiger partial charge on any atom is 0.264 e. The monoisotopic (exact) mass is 266 g/mol. The second kappa shape index (κ2) is 4.49. The van der Waals surface area contributed by atoms with Crippen LogP contribution in [0.3, 0.4) is 0 Å². The van der Waals surface area contributed by atoms with Crippen molar-refractivity contribution in [2.45, 2.75) is 0 Å². The van der Waals surface area contributed by atoms with Crippen molar-refractivity contribution in [1.29, 1.82) is 5.26 Å². The molecule has 0 fully saturated rings. The van der Waals surface area contributed by atoms with Crippen molar-refractivity contribution in [2.75, 3.05) is 10.7 Å². The number of nitrogen functional groups attached to an aromatic ring is 1. The maximum atomic E-state index is 9.01. The van der Waals surface area contributed by atoms with E-state index in [2.05, 4.69) is 15.1 Å². The predicted octanol–water partition coefficient (Wildman–Crippen LogP) is 0.590. The molecule has 0 spiro atoms. The number of para-hydroxylation sites is 1. The minimum absolute atomic E-state index is 0.155. The summed E-state index contributed by atoms with van der Waals surface area (Å²) in [6.45, 7) is 0. The van der Waals surface area contributed by atoms with Gasteiger partial charge in [0, 0.05) is 0 Å². The van der Waals surface area contributed by atoms with Gasteiger partial charge in [-0.05, 0) is 12.1 Å². The van der Waals surface area contributed by atoms with Crippen molar-refractivity contribution in [2.24, 2.45) is 5.84 Å². The van der Waals surface area contributed by atoms with E-state index in [4.69, 9.17) is 16.8 Å². The quantitative estimate of drug-likeness (QED) is 0.514. The molecular formula is C12H10N8. The van der Waals surface area contributed by atoms with Crippen LogP contribution in [-0.2, 0) is 0 Å². The van der Waals surface area contributed by atoms with Gasteiger partial charge in [0.2, 0.25) is 0 Å². The first kappa shape index (κ1) is 11.9. The highest BCUT2D eigenvalue weighted by Crippen LogP contribution is 2.20. The van der Waals surface area contributed by atoms with Crippen LogP contribution < -0.4 is 16.6 Å². The Bertz CT molecular complexity index is 801. The van der Waals surface area contributed by atoms with Crippen molar-refractivity contribution < 1.29 is 0 Å².